The van der Waals surface area contributed by atoms with Crippen LogP contribution < -0.4 is 31.3 Å². The van der Waals surface area contributed by atoms with Gasteiger partial charge in [0.05, 0.1) is 34.2 Å². The van der Waals surface area contributed by atoms with E-state index in [1.54, 1.807) is 31.5 Å². The maximum Gasteiger partial charge on any atom is 0.220 e. The Morgan fingerprint density at radius 3 is 2.19 bits per heavy atom. The second kappa shape index (κ2) is 15.2. The molecule has 2 amide bonds. The van der Waals surface area contributed by atoms with Gasteiger partial charge in [-0.1, -0.05) is 47.5 Å². The molecule has 2 aliphatic heterocycles. The first-order chi connectivity index (χ1) is 23.3. The van der Waals surface area contributed by atoms with Gasteiger partial charge in [-0.15, -0.1) is 0 Å². The molecule has 0 radical (unpaired) electrons. The third-order valence-corrected chi connectivity index (χ3v) is 9.15. The van der Waals surface area contributed by atoms with E-state index in [1.165, 1.54) is 6.20 Å². The lowest BCUT2D eigenvalue weighted by atomic mass is 10.0. The lowest BCUT2D eigenvalue weighted by Crippen LogP contribution is -2.35. The summed E-state index contributed by atoms with van der Waals surface area (Å²) in [6.45, 7) is 1.98. The van der Waals surface area contributed by atoms with Crippen molar-refractivity contribution in [2.75, 3.05) is 25.5 Å². The molecule has 250 valence electrons. The highest BCUT2D eigenvalue weighted by Crippen LogP contribution is 2.41. The maximum atomic E-state index is 15.5. The number of pyridine rings is 3. The van der Waals surface area contributed by atoms with Gasteiger partial charge in [0.25, 0.3) is 0 Å². The van der Waals surface area contributed by atoms with Crippen molar-refractivity contribution in [1.29, 1.82) is 0 Å². The molecular formula is C34H35Cl2FN8O3. The quantitative estimate of drug-likeness (QED) is 0.129. The summed E-state index contributed by atoms with van der Waals surface area (Å²) >= 11 is 13.8. The van der Waals surface area contributed by atoms with Crippen molar-refractivity contribution in [2.24, 2.45) is 0 Å². The zero-order chi connectivity index (χ0) is 33.6. The summed E-state index contributed by atoms with van der Waals surface area (Å²) in [5, 5.41) is 16.0. The number of anilines is 2. The summed E-state index contributed by atoms with van der Waals surface area (Å²) in [6.07, 6.45) is 5.72. The van der Waals surface area contributed by atoms with E-state index >= 15 is 4.39 Å². The van der Waals surface area contributed by atoms with Crippen molar-refractivity contribution in [3.63, 3.8) is 0 Å². The summed E-state index contributed by atoms with van der Waals surface area (Å²) < 4.78 is 21.1. The molecule has 0 aliphatic carbocycles. The van der Waals surface area contributed by atoms with Crippen molar-refractivity contribution in [1.82, 2.24) is 36.2 Å². The van der Waals surface area contributed by atoms with Gasteiger partial charge in [0, 0.05) is 85.8 Å². The van der Waals surface area contributed by atoms with Crippen molar-refractivity contribution in [3.8, 4) is 28.4 Å². The van der Waals surface area contributed by atoms with E-state index < -0.39 is 5.82 Å². The van der Waals surface area contributed by atoms with Crippen molar-refractivity contribution < 1.29 is 18.7 Å². The number of ether oxygens (including phenoxy) is 1. The number of halogens is 3. The number of nitrogens with zero attached hydrogens (tertiary/aromatic N) is 3. The Bertz CT molecular complexity index is 1830. The number of hydrogen-bond acceptors (Lipinski definition) is 9. The minimum absolute atomic E-state index is 0.0150. The molecule has 5 heterocycles. The topological polar surface area (TPSA) is 142 Å². The fourth-order valence-corrected chi connectivity index (χ4v) is 6.40. The highest BCUT2D eigenvalue weighted by Gasteiger charge is 2.22. The molecule has 48 heavy (non-hydrogen) atoms. The maximum absolute atomic E-state index is 15.5. The number of aromatic nitrogens is 3. The van der Waals surface area contributed by atoms with Crippen LogP contribution in [0.5, 0.6) is 5.88 Å². The zero-order valence-corrected chi connectivity index (χ0v) is 27.7. The number of rotatable bonds is 13. The van der Waals surface area contributed by atoms with Gasteiger partial charge in [-0.3, -0.25) is 14.6 Å². The lowest BCUT2D eigenvalue weighted by molar-refractivity contribution is -0.120. The van der Waals surface area contributed by atoms with Gasteiger partial charge < -0.3 is 31.3 Å². The molecule has 0 unspecified atom stereocenters. The molecule has 1 aromatic carbocycles. The molecule has 2 aliphatic rings. The molecule has 0 saturated carbocycles. The first-order valence-electron chi connectivity index (χ1n) is 15.7. The molecule has 0 bridgehead atoms. The Hall–Kier alpha value is -4.36. The minimum atomic E-state index is -0.515. The Balaban J connectivity index is 1.17. The summed E-state index contributed by atoms with van der Waals surface area (Å²) in [5.74, 6) is 0.0722. The summed E-state index contributed by atoms with van der Waals surface area (Å²) in [4.78, 5) is 36.3. The normalized spacial score (nSPS) is 17.3. The van der Waals surface area contributed by atoms with Gasteiger partial charge in [0.2, 0.25) is 17.7 Å². The molecule has 14 heteroatoms. The predicted octanol–water partition coefficient (Wildman–Crippen LogP) is 5.14. The molecule has 2 saturated heterocycles. The molecule has 4 aromatic rings. The molecule has 6 rings (SSSR count). The van der Waals surface area contributed by atoms with Crippen LogP contribution in [-0.4, -0.2) is 59.0 Å². The van der Waals surface area contributed by atoms with E-state index in [1.807, 2.05) is 24.3 Å². The SMILES string of the molecule is COc1nc(-c2cccc(-c3nccc(Nc4nccc(CNC[C@@H]5CCC(=O)N5)c4F)c3Cl)c2Cl)ccc1CNC[C@H]1CCC(=O)N1. The number of carbonyl (C=O) groups excluding carboxylic acids is 2. The smallest absolute Gasteiger partial charge is 0.220 e. The third-order valence-electron chi connectivity index (χ3n) is 8.36. The van der Waals surface area contributed by atoms with Crippen LogP contribution in [0.1, 0.15) is 36.8 Å². The fraction of sp³-hybridized carbons (Fsp3) is 0.324. The standard InChI is InChI=1S/C34H35Cl2FN8O3/c1-48-34-20(16-39-18-22-7-10-28(47)43-22)5-8-25(45-34)23-3-2-4-24(29(23)35)32-30(36)26(12-14-40-32)44-33-31(37)19(11-13-41-33)15-38-17-21-6-9-27(46)42-21/h2-5,8,11-14,21-22,38-39H,6-7,9-10,15-18H2,1H3,(H,42,46)(H,43,47)(H,40,41,44)/t21-,22+/m0/s1. The van der Waals surface area contributed by atoms with Crippen LogP contribution >= 0.6 is 23.2 Å². The predicted molar refractivity (Wildman–Crippen MR) is 183 cm³/mol. The largest absolute Gasteiger partial charge is 0.481 e. The van der Waals surface area contributed by atoms with Crippen LogP contribution in [-0.2, 0) is 22.7 Å². The van der Waals surface area contributed by atoms with Crippen molar-refractivity contribution >= 4 is 46.5 Å². The van der Waals surface area contributed by atoms with Crippen LogP contribution in [0.2, 0.25) is 10.0 Å². The van der Waals surface area contributed by atoms with Crippen LogP contribution in [0.25, 0.3) is 22.5 Å². The number of nitrogens with one attached hydrogen (secondary N) is 5. The van der Waals surface area contributed by atoms with E-state index in [-0.39, 0.29) is 41.3 Å². The molecule has 11 nitrogen and oxygen atoms in total. The minimum Gasteiger partial charge on any atom is -0.481 e. The van der Waals surface area contributed by atoms with Gasteiger partial charge in [-0.05, 0) is 31.0 Å². The third kappa shape index (κ3) is 7.68. The summed E-state index contributed by atoms with van der Waals surface area (Å²) in [6, 6.07) is 12.7. The Morgan fingerprint density at radius 1 is 0.854 bits per heavy atom. The Labute approximate surface area is 287 Å². The van der Waals surface area contributed by atoms with E-state index in [2.05, 4.69) is 36.6 Å². The summed E-state index contributed by atoms with van der Waals surface area (Å²) in [5.41, 5.74) is 3.91. The lowest BCUT2D eigenvalue weighted by Gasteiger charge is -2.16. The molecule has 3 aromatic heterocycles. The summed E-state index contributed by atoms with van der Waals surface area (Å²) in [7, 11) is 1.56. The molecule has 0 spiro atoms. The Morgan fingerprint density at radius 2 is 1.52 bits per heavy atom. The average molecular weight is 694 g/mol. The van der Waals surface area contributed by atoms with E-state index in [0.29, 0.717) is 77.1 Å². The van der Waals surface area contributed by atoms with Crippen LogP contribution in [0.15, 0.2) is 54.9 Å². The van der Waals surface area contributed by atoms with Crippen molar-refractivity contribution in [3.05, 3.63) is 81.8 Å². The van der Waals surface area contributed by atoms with Gasteiger partial charge >= 0.3 is 0 Å². The van der Waals surface area contributed by atoms with E-state index in [9.17, 15) is 9.59 Å². The second-order valence-electron chi connectivity index (χ2n) is 11.7. The zero-order valence-electron chi connectivity index (χ0n) is 26.2. The number of carbonyl (C=O) groups is 2. The highest BCUT2D eigenvalue weighted by atomic mass is 35.5. The van der Waals surface area contributed by atoms with E-state index in [4.69, 9.17) is 32.9 Å². The second-order valence-corrected chi connectivity index (χ2v) is 12.4. The van der Waals surface area contributed by atoms with Crippen LogP contribution in [0, 0.1) is 5.82 Å². The number of benzene rings is 1. The Kier molecular flexibility index (Phi) is 10.7. The first-order valence-corrected chi connectivity index (χ1v) is 16.4. The van der Waals surface area contributed by atoms with Gasteiger partial charge in [0.15, 0.2) is 11.6 Å². The molecule has 2 atom stereocenters. The number of methoxy groups -OCH3 is 1. The average Bonchev–Trinajstić information content (AvgIpc) is 3.70. The van der Waals surface area contributed by atoms with Gasteiger partial charge in [0.1, 0.15) is 0 Å². The fourth-order valence-electron chi connectivity index (χ4n) is 5.83. The van der Waals surface area contributed by atoms with Gasteiger partial charge in [-0.25, -0.2) is 14.4 Å². The van der Waals surface area contributed by atoms with Crippen molar-refractivity contribution in [2.45, 2.75) is 50.9 Å². The highest BCUT2D eigenvalue weighted by molar-refractivity contribution is 6.39. The molecular weight excluding hydrogens is 658 g/mol. The van der Waals surface area contributed by atoms with Gasteiger partial charge in [-0.2, -0.15) is 0 Å². The van der Waals surface area contributed by atoms with Crippen LogP contribution in [0.3, 0.4) is 0 Å². The number of amides is 2. The van der Waals surface area contributed by atoms with E-state index in [0.717, 1.165) is 18.4 Å². The molecule has 2 fully saturated rings. The first kappa shape index (κ1) is 33.5. The molecule has 5 N–H and O–H groups in total. The van der Waals surface area contributed by atoms with Crippen LogP contribution in [0.4, 0.5) is 15.9 Å². The monoisotopic (exact) mass is 692 g/mol. The number of hydrogen-bond donors (Lipinski definition) is 5.